The van der Waals surface area contributed by atoms with E-state index in [1.165, 1.54) is 0 Å². The number of carbonyl (C=O) groups is 2. The van der Waals surface area contributed by atoms with Crippen LogP contribution in [0.3, 0.4) is 0 Å². The fourth-order valence-electron chi connectivity index (χ4n) is 1.48. The Morgan fingerprint density at radius 2 is 1.32 bits per heavy atom. The molecule has 0 aliphatic heterocycles. The molecule has 110 valence electrons. The first-order valence-electron chi connectivity index (χ1n) is 6.72. The van der Waals surface area contributed by atoms with Gasteiger partial charge in [0.2, 0.25) is 0 Å². The molecule has 0 unspecified atom stereocenters. The van der Waals surface area contributed by atoms with E-state index < -0.39 is 5.54 Å². The lowest BCUT2D eigenvalue weighted by Crippen LogP contribution is -2.32. The van der Waals surface area contributed by atoms with E-state index in [9.17, 15) is 14.5 Å². The van der Waals surface area contributed by atoms with Crippen molar-refractivity contribution in [3.05, 3.63) is 4.91 Å². The largest absolute Gasteiger partial charge is 0.326 e. The van der Waals surface area contributed by atoms with E-state index in [0.29, 0.717) is 25.7 Å². The van der Waals surface area contributed by atoms with E-state index in [4.69, 9.17) is 5.73 Å². The van der Waals surface area contributed by atoms with Crippen molar-refractivity contribution in [1.82, 2.24) is 0 Å². The maximum atomic E-state index is 11.6. The second-order valence-corrected chi connectivity index (χ2v) is 6.47. The molecule has 5 nitrogen and oxygen atoms in total. The highest BCUT2D eigenvalue weighted by Crippen LogP contribution is 2.17. The zero-order valence-electron chi connectivity index (χ0n) is 12.5. The van der Waals surface area contributed by atoms with Crippen LogP contribution in [0.15, 0.2) is 5.18 Å². The second-order valence-electron chi connectivity index (χ2n) is 6.47. The number of nitroso groups, excluding NO2 is 1. The van der Waals surface area contributed by atoms with Gasteiger partial charge in [0.15, 0.2) is 0 Å². The van der Waals surface area contributed by atoms with E-state index in [-0.39, 0.29) is 29.9 Å². The normalized spacial score (nSPS) is 12.3. The highest BCUT2D eigenvalue weighted by molar-refractivity contribution is 5.86. The summed E-state index contributed by atoms with van der Waals surface area (Å²) < 4.78 is 0. The van der Waals surface area contributed by atoms with Crippen molar-refractivity contribution in [2.45, 2.75) is 77.3 Å². The minimum Gasteiger partial charge on any atom is -0.326 e. The van der Waals surface area contributed by atoms with E-state index in [1.807, 2.05) is 13.8 Å². The average molecular weight is 270 g/mol. The number of rotatable bonds is 10. The molecule has 0 aromatic heterocycles. The molecule has 0 aliphatic carbocycles. The Labute approximate surface area is 115 Å². The number of nitrogens with two attached hydrogens (primary N) is 1. The van der Waals surface area contributed by atoms with Crippen LogP contribution in [0.5, 0.6) is 0 Å². The standard InChI is InChI=1S/C14H26N2O3/c1-13(2,15)9-7-11(17)5-6-12(18)8-10-14(3,4)16-19/h5-10,15H2,1-4H3. The summed E-state index contributed by atoms with van der Waals surface area (Å²) in [6.45, 7) is 7.14. The zero-order valence-corrected chi connectivity index (χ0v) is 12.5. The number of hydrogen-bond donors (Lipinski definition) is 1. The third kappa shape index (κ3) is 10.5. The van der Waals surface area contributed by atoms with Gasteiger partial charge >= 0.3 is 0 Å². The lowest BCUT2D eigenvalue weighted by Gasteiger charge is -2.17. The third-order valence-electron chi connectivity index (χ3n) is 2.99. The van der Waals surface area contributed by atoms with Crippen LogP contribution >= 0.6 is 0 Å². The summed E-state index contributed by atoms with van der Waals surface area (Å²) in [5.41, 5.74) is 4.74. The van der Waals surface area contributed by atoms with Gasteiger partial charge in [0.25, 0.3) is 0 Å². The maximum absolute atomic E-state index is 11.6. The minimum atomic E-state index is -0.705. The second kappa shape index (κ2) is 7.48. The van der Waals surface area contributed by atoms with Gasteiger partial charge in [0.05, 0.1) is 5.54 Å². The van der Waals surface area contributed by atoms with E-state index in [1.54, 1.807) is 13.8 Å². The first-order chi connectivity index (χ1) is 8.56. The van der Waals surface area contributed by atoms with Crippen LogP contribution in [0.25, 0.3) is 0 Å². The molecule has 5 heteroatoms. The topological polar surface area (TPSA) is 89.6 Å². The minimum absolute atomic E-state index is 0.0112. The SMILES string of the molecule is CC(C)(N)CCC(=O)CCC(=O)CCC(C)(C)N=O. The Morgan fingerprint density at radius 1 is 0.895 bits per heavy atom. The number of Topliss-reactive ketones (excluding diaryl/α,β-unsaturated/α-hetero) is 2. The fourth-order valence-corrected chi connectivity index (χ4v) is 1.48. The van der Waals surface area contributed by atoms with E-state index in [0.717, 1.165) is 0 Å². The lowest BCUT2D eigenvalue weighted by atomic mass is 9.94. The Balaban J connectivity index is 3.85. The lowest BCUT2D eigenvalue weighted by molar-refractivity contribution is -0.124. The highest BCUT2D eigenvalue weighted by Gasteiger charge is 2.20. The molecule has 0 rings (SSSR count). The third-order valence-corrected chi connectivity index (χ3v) is 2.99. The van der Waals surface area contributed by atoms with Gasteiger partial charge in [-0.1, -0.05) is 5.18 Å². The average Bonchev–Trinajstić information content (AvgIpc) is 2.30. The molecule has 0 spiro atoms. The van der Waals surface area contributed by atoms with Crippen LogP contribution in [0, 0.1) is 4.91 Å². The molecule has 0 aromatic carbocycles. The molecule has 0 saturated carbocycles. The Morgan fingerprint density at radius 3 is 1.68 bits per heavy atom. The number of carbonyl (C=O) groups excluding carboxylic acids is 2. The van der Waals surface area contributed by atoms with E-state index >= 15 is 0 Å². The summed E-state index contributed by atoms with van der Waals surface area (Å²) in [6.07, 6.45) is 2.29. The van der Waals surface area contributed by atoms with Crippen molar-refractivity contribution in [3.8, 4) is 0 Å². The monoisotopic (exact) mass is 270 g/mol. The summed E-state index contributed by atoms with van der Waals surface area (Å²) in [5.74, 6) is 0.0803. The molecule has 0 amide bonds. The van der Waals surface area contributed by atoms with Crippen LogP contribution < -0.4 is 5.73 Å². The highest BCUT2D eigenvalue weighted by atomic mass is 16.3. The molecule has 0 fully saturated rings. The predicted molar refractivity (Wildman–Crippen MR) is 75.9 cm³/mol. The van der Waals surface area contributed by atoms with Crippen molar-refractivity contribution in [1.29, 1.82) is 0 Å². The van der Waals surface area contributed by atoms with Crippen molar-refractivity contribution in [2.24, 2.45) is 10.9 Å². The zero-order chi connectivity index (χ0) is 15.1. The molecule has 0 aliphatic rings. The number of nitrogens with zero attached hydrogens (tertiary/aromatic N) is 1. The van der Waals surface area contributed by atoms with Gasteiger partial charge in [-0.3, -0.25) is 9.59 Å². The van der Waals surface area contributed by atoms with Crippen molar-refractivity contribution in [2.75, 3.05) is 0 Å². The van der Waals surface area contributed by atoms with Gasteiger partial charge < -0.3 is 5.73 Å². The smallest absolute Gasteiger partial charge is 0.133 e. The van der Waals surface area contributed by atoms with Crippen LogP contribution in [0.1, 0.15) is 66.2 Å². The Bertz CT molecular complexity index is 330. The molecule has 0 saturated heterocycles. The first kappa shape index (κ1) is 17.9. The van der Waals surface area contributed by atoms with Gasteiger partial charge in [0, 0.05) is 31.2 Å². The molecule has 0 radical (unpaired) electrons. The van der Waals surface area contributed by atoms with Gasteiger partial charge in [-0.15, -0.1) is 0 Å². The summed E-state index contributed by atoms with van der Waals surface area (Å²) in [7, 11) is 0. The van der Waals surface area contributed by atoms with Crippen LogP contribution in [-0.2, 0) is 9.59 Å². The van der Waals surface area contributed by atoms with Gasteiger partial charge in [-0.2, -0.15) is 4.91 Å². The molecule has 2 N–H and O–H groups in total. The molecule has 0 aromatic rings. The van der Waals surface area contributed by atoms with Gasteiger partial charge in [0.1, 0.15) is 11.6 Å². The van der Waals surface area contributed by atoms with Gasteiger partial charge in [-0.25, -0.2) is 0 Å². The molecule has 19 heavy (non-hydrogen) atoms. The predicted octanol–water partition coefficient (Wildman–Crippen LogP) is 2.75. The van der Waals surface area contributed by atoms with E-state index in [2.05, 4.69) is 5.18 Å². The first-order valence-corrected chi connectivity index (χ1v) is 6.72. The molecular formula is C14H26N2O3. The molecule has 0 bridgehead atoms. The summed E-state index contributed by atoms with van der Waals surface area (Å²) in [5, 5.41) is 2.96. The maximum Gasteiger partial charge on any atom is 0.133 e. The quantitative estimate of drug-likeness (QED) is 0.618. The van der Waals surface area contributed by atoms with Crippen molar-refractivity contribution < 1.29 is 9.59 Å². The van der Waals surface area contributed by atoms with Crippen LogP contribution in [0.4, 0.5) is 0 Å². The molecule has 0 heterocycles. The molecular weight excluding hydrogens is 244 g/mol. The Hall–Kier alpha value is -1.10. The summed E-state index contributed by atoms with van der Waals surface area (Å²) in [6, 6.07) is 0. The molecule has 0 atom stereocenters. The summed E-state index contributed by atoms with van der Waals surface area (Å²) >= 11 is 0. The van der Waals surface area contributed by atoms with Crippen LogP contribution in [-0.4, -0.2) is 22.6 Å². The van der Waals surface area contributed by atoms with Crippen LogP contribution in [0.2, 0.25) is 0 Å². The van der Waals surface area contributed by atoms with Crippen molar-refractivity contribution >= 4 is 11.6 Å². The Kier molecular flexibility index (Phi) is 7.05. The summed E-state index contributed by atoms with van der Waals surface area (Å²) in [4.78, 5) is 33.6. The van der Waals surface area contributed by atoms with Gasteiger partial charge in [-0.05, 0) is 40.5 Å². The fraction of sp³-hybridized carbons (Fsp3) is 0.857. The number of ketones is 2. The van der Waals surface area contributed by atoms with Crippen molar-refractivity contribution in [3.63, 3.8) is 0 Å². The number of hydrogen-bond acceptors (Lipinski definition) is 5.